The van der Waals surface area contributed by atoms with E-state index in [4.69, 9.17) is 0 Å². The molecule has 0 bridgehead atoms. The molecule has 1 rings (SSSR count). The zero-order chi connectivity index (χ0) is 15.1. The van der Waals surface area contributed by atoms with Crippen LogP contribution in [0, 0.1) is 12.7 Å². The first-order valence-electron chi connectivity index (χ1n) is 6.55. The summed E-state index contributed by atoms with van der Waals surface area (Å²) in [6, 6.07) is 3.20. The smallest absolute Gasteiger partial charge is 0.319 e. The fourth-order valence-electron chi connectivity index (χ4n) is 1.50. The number of carbonyl (C=O) groups excluding carboxylic acids is 2. The first kappa shape index (κ1) is 15.9. The lowest BCUT2D eigenvalue weighted by molar-refractivity contribution is -0.122. The number of benzene rings is 1. The van der Waals surface area contributed by atoms with E-state index in [0.29, 0.717) is 17.8 Å². The van der Waals surface area contributed by atoms with Gasteiger partial charge in [-0.2, -0.15) is 0 Å². The molecular formula is C14H20FN3O2. The normalized spacial score (nSPS) is 11.6. The Bertz CT molecular complexity index is 491. The van der Waals surface area contributed by atoms with Crippen LogP contribution in [0.15, 0.2) is 18.2 Å². The molecule has 6 heteroatoms. The van der Waals surface area contributed by atoms with Crippen molar-refractivity contribution >= 4 is 17.6 Å². The van der Waals surface area contributed by atoms with Gasteiger partial charge in [-0.1, -0.05) is 13.0 Å². The molecular weight excluding hydrogens is 261 g/mol. The largest absolute Gasteiger partial charge is 0.354 e. The van der Waals surface area contributed by atoms with Crippen LogP contribution in [0.4, 0.5) is 14.9 Å². The van der Waals surface area contributed by atoms with Crippen molar-refractivity contribution in [1.29, 1.82) is 0 Å². The van der Waals surface area contributed by atoms with E-state index in [9.17, 15) is 14.0 Å². The van der Waals surface area contributed by atoms with Gasteiger partial charge in [0.25, 0.3) is 0 Å². The third-order valence-corrected chi connectivity index (χ3v) is 2.72. The minimum absolute atomic E-state index is 0.253. The van der Waals surface area contributed by atoms with Crippen LogP contribution in [0.2, 0.25) is 0 Å². The average molecular weight is 281 g/mol. The molecule has 1 aromatic carbocycles. The molecule has 20 heavy (non-hydrogen) atoms. The lowest BCUT2D eigenvalue weighted by atomic mass is 10.2. The van der Waals surface area contributed by atoms with Crippen LogP contribution in [0.3, 0.4) is 0 Å². The number of carbonyl (C=O) groups is 2. The summed E-state index contributed by atoms with van der Waals surface area (Å²) in [6.45, 7) is 5.73. The molecule has 0 aliphatic rings. The summed E-state index contributed by atoms with van der Waals surface area (Å²) in [5, 5.41) is 7.64. The Kier molecular flexibility index (Phi) is 5.96. The molecule has 0 saturated carbocycles. The minimum Gasteiger partial charge on any atom is -0.354 e. The van der Waals surface area contributed by atoms with E-state index in [-0.39, 0.29) is 5.91 Å². The molecule has 0 spiro atoms. The van der Waals surface area contributed by atoms with Gasteiger partial charge in [-0.05, 0) is 38.0 Å². The van der Waals surface area contributed by atoms with Crippen molar-refractivity contribution < 1.29 is 14.0 Å². The van der Waals surface area contributed by atoms with Crippen LogP contribution in [0.5, 0.6) is 0 Å². The van der Waals surface area contributed by atoms with E-state index >= 15 is 0 Å². The van der Waals surface area contributed by atoms with E-state index < -0.39 is 17.9 Å². The summed E-state index contributed by atoms with van der Waals surface area (Å²) in [6.07, 6.45) is 0.827. The number of hydrogen-bond donors (Lipinski definition) is 3. The van der Waals surface area contributed by atoms with E-state index in [1.807, 2.05) is 6.92 Å². The van der Waals surface area contributed by atoms with Crippen LogP contribution >= 0.6 is 0 Å². The van der Waals surface area contributed by atoms with Crippen LogP contribution < -0.4 is 16.0 Å². The molecule has 1 aromatic rings. The van der Waals surface area contributed by atoms with Crippen molar-refractivity contribution in [2.24, 2.45) is 0 Å². The Hall–Kier alpha value is -2.11. The first-order valence-corrected chi connectivity index (χ1v) is 6.55. The molecule has 3 amide bonds. The average Bonchev–Trinajstić information content (AvgIpc) is 2.40. The lowest BCUT2D eigenvalue weighted by Gasteiger charge is -2.14. The number of urea groups is 1. The van der Waals surface area contributed by atoms with Crippen molar-refractivity contribution in [3.05, 3.63) is 29.6 Å². The van der Waals surface area contributed by atoms with Gasteiger partial charge in [0.05, 0.1) is 0 Å². The van der Waals surface area contributed by atoms with Crippen LogP contribution in [0.25, 0.3) is 0 Å². The second-order valence-electron chi connectivity index (χ2n) is 4.58. The highest BCUT2D eigenvalue weighted by Gasteiger charge is 2.14. The molecule has 110 valence electrons. The molecule has 3 N–H and O–H groups in total. The number of anilines is 1. The standard InChI is InChI=1S/C14H20FN3O2/c1-4-7-16-13(19)10(3)17-14(20)18-11-6-5-9(2)12(15)8-11/h5-6,8,10H,4,7H2,1-3H3,(H,16,19)(H2,17,18,20). The molecule has 0 heterocycles. The molecule has 0 radical (unpaired) electrons. The molecule has 0 aliphatic heterocycles. The predicted octanol–water partition coefficient (Wildman–Crippen LogP) is 2.17. The summed E-state index contributed by atoms with van der Waals surface area (Å²) in [7, 11) is 0. The summed E-state index contributed by atoms with van der Waals surface area (Å²) in [5.74, 6) is -0.645. The van der Waals surface area contributed by atoms with Crippen LogP contribution in [-0.2, 0) is 4.79 Å². The van der Waals surface area contributed by atoms with Gasteiger partial charge in [-0.15, -0.1) is 0 Å². The number of aryl methyl sites for hydroxylation is 1. The number of hydrogen-bond acceptors (Lipinski definition) is 2. The van der Waals surface area contributed by atoms with Crippen LogP contribution in [-0.4, -0.2) is 24.5 Å². The number of nitrogens with one attached hydrogen (secondary N) is 3. The highest BCUT2D eigenvalue weighted by molar-refractivity contribution is 5.93. The molecule has 1 atom stereocenters. The highest BCUT2D eigenvalue weighted by Crippen LogP contribution is 2.13. The van der Waals surface area contributed by atoms with Gasteiger partial charge in [0.2, 0.25) is 5.91 Å². The maximum Gasteiger partial charge on any atom is 0.319 e. The van der Waals surface area contributed by atoms with Gasteiger partial charge >= 0.3 is 6.03 Å². The summed E-state index contributed by atoms with van der Waals surface area (Å²) < 4.78 is 13.3. The van der Waals surface area contributed by atoms with Crippen molar-refractivity contribution in [3.63, 3.8) is 0 Å². The maximum atomic E-state index is 13.3. The molecule has 5 nitrogen and oxygen atoms in total. The van der Waals surface area contributed by atoms with Crippen molar-refractivity contribution in [1.82, 2.24) is 10.6 Å². The quantitative estimate of drug-likeness (QED) is 0.774. The fraction of sp³-hybridized carbons (Fsp3) is 0.429. The minimum atomic E-state index is -0.656. The van der Waals surface area contributed by atoms with Gasteiger partial charge in [0.1, 0.15) is 11.9 Å². The Morgan fingerprint density at radius 2 is 2.05 bits per heavy atom. The topological polar surface area (TPSA) is 70.2 Å². The molecule has 0 aliphatic carbocycles. The summed E-state index contributed by atoms with van der Waals surface area (Å²) in [5.41, 5.74) is 0.843. The molecule has 0 saturated heterocycles. The Morgan fingerprint density at radius 1 is 1.35 bits per heavy atom. The van der Waals surface area contributed by atoms with Gasteiger partial charge < -0.3 is 16.0 Å². The first-order chi connectivity index (χ1) is 9.43. The van der Waals surface area contributed by atoms with Crippen molar-refractivity contribution in [3.8, 4) is 0 Å². The van der Waals surface area contributed by atoms with E-state index in [1.165, 1.54) is 6.07 Å². The van der Waals surface area contributed by atoms with E-state index in [1.54, 1.807) is 26.0 Å². The second kappa shape index (κ2) is 7.47. The second-order valence-corrected chi connectivity index (χ2v) is 4.58. The fourth-order valence-corrected chi connectivity index (χ4v) is 1.50. The zero-order valence-electron chi connectivity index (χ0n) is 11.9. The van der Waals surface area contributed by atoms with E-state index in [0.717, 1.165) is 6.42 Å². The third-order valence-electron chi connectivity index (χ3n) is 2.72. The van der Waals surface area contributed by atoms with Crippen LogP contribution in [0.1, 0.15) is 25.8 Å². The Morgan fingerprint density at radius 3 is 2.65 bits per heavy atom. The van der Waals surface area contributed by atoms with Gasteiger partial charge in [0.15, 0.2) is 0 Å². The number of halogens is 1. The highest BCUT2D eigenvalue weighted by atomic mass is 19.1. The summed E-state index contributed by atoms with van der Waals surface area (Å²) >= 11 is 0. The number of rotatable bonds is 5. The SMILES string of the molecule is CCCNC(=O)C(C)NC(=O)Nc1ccc(C)c(F)c1. The van der Waals surface area contributed by atoms with Gasteiger partial charge in [-0.25, -0.2) is 9.18 Å². The zero-order valence-corrected chi connectivity index (χ0v) is 11.9. The molecule has 1 unspecified atom stereocenters. The molecule has 0 fully saturated rings. The Balaban J connectivity index is 2.50. The number of amides is 3. The van der Waals surface area contributed by atoms with E-state index in [2.05, 4.69) is 16.0 Å². The monoisotopic (exact) mass is 281 g/mol. The van der Waals surface area contributed by atoms with Gasteiger partial charge in [0, 0.05) is 12.2 Å². The predicted molar refractivity (Wildman–Crippen MR) is 76.1 cm³/mol. The molecule has 0 aromatic heterocycles. The lowest BCUT2D eigenvalue weighted by Crippen LogP contribution is -2.46. The Labute approximate surface area is 117 Å². The maximum absolute atomic E-state index is 13.3. The third kappa shape index (κ3) is 4.87. The van der Waals surface area contributed by atoms with Crippen molar-refractivity contribution in [2.75, 3.05) is 11.9 Å². The van der Waals surface area contributed by atoms with Crippen molar-refractivity contribution in [2.45, 2.75) is 33.2 Å². The summed E-state index contributed by atoms with van der Waals surface area (Å²) in [4.78, 5) is 23.2. The van der Waals surface area contributed by atoms with Gasteiger partial charge in [-0.3, -0.25) is 4.79 Å².